The van der Waals surface area contributed by atoms with Crippen LogP contribution < -0.4 is 4.90 Å². The first-order chi connectivity index (χ1) is 23.3. The van der Waals surface area contributed by atoms with Crippen LogP contribution in [0.2, 0.25) is 0 Å². The summed E-state index contributed by atoms with van der Waals surface area (Å²) < 4.78 is 8.98. The van der Waals surface area contributed by atoms with Gasteiger partial charge in [0.15, 0.2) is 0 Å². The van der Waals surface area contributed by atoms with Gasteiger partial charge in [0, 0.05) is 48.0 Å². The number of rotatable bonds is 4. The second kappa shape index (κ2) is 10.3. The zero-order valence-corrected chi connectivity index (χ0v) is 26.2. The van der Waals surface area contributed by atoms with Crippen molar-refractivity contribution in [3.05, 3.63) is 164 Å². The molecule has 0 fully saturated rings. The fourth-order valence-electron chi connectivity index (χ4n) is 7.22. The second-order valence-corrected chi connectivity index (χ2v) is 13.2. The molecule has 0 aliphatic heterocycles. The predicted octanol–water partition coefficient (Wildman–Crippen LogP) is 13.4. The van der Waals surface area contributed by atoms with Crippen LogP contribution in [0.4, 0.5) is 17.1 Å². The Labute approximate surface area is 275 Å². The molecule has 0 radical (unpaired) electrons. The summed E-state index contributed by atoms with van der Waals surface area (Å²) >= 11 is 1.87. The van der Waals surface area contributed by atoms with Gasteiger partial charge in [-0.1, -0.05) is 84.9 Å². The lowest BCUT2D eigenvalue weighted by Gasteiger charge is -2.25. The molecule has 0 N–H and O–H groups in total. The molecule has 47 heavy (non-hydrogen) atoms. The average Bonchev–Trinajstić information content (AvgIpc) is 3.68. The maximum Gasteiger partial charge on any atom is 0.136 e. The molecule has 0 bridgehead atoms. The minimum atomic E-state index is 0.920. The van der Waals surface area contributed by atoms with Gasteiger partial charge in [-0.15, -0.1) is 11.3 Å². The predicted molar refractivity (Wildman–Crippen MR) is 202 cm³/mol. The quantitative estimate of drug-likeness (QED) is 0.183. The van der Waals surface area contributed by atoms with Gasteiger partial charge >= 0.3 is 0 Å². The fourth-order valence-corrected chi connectivity index (χ4v) is 8.35. The van der Waals surface area contributed by atoms with Crippen molar-refractivity contribution < 1.29 is 4.42 Å². The van der Waals surface area contributed by atoms with E-state index in [1.54, 1.807) is 0 Å². The highest BCUT2D eigenvalue weighted by molar-refractivity contribution is 7.25. The van der Waals surface area contributed by atoms with E-state index in [0.29, 0.717) is 0 Å². The van der Waals surface area contributed by atoms with Crippen LogP contribution in [0, 0.1) is 0 Å². The summed E-state index contributed by atoms with van der Waals surface area (Å²) in [6.45, 7) is 0. The van der Waals surface area contributed by atoms with E-state index in [0.717, 1.165) is 39.0 Å². The fraction of sp³-hybridized carbons (Fsp3) is 0. The lowest BCUT2D eigenvalue weighted by Crippen LogP contribution is -2.09. The van der Waals surface area contributed by atoms with Gasteiger partial charge in [-0.25, -0.2) is 0 Å². The van der Waals surface area contributed by atoms with Gasteiger partial charge in [0.2, 0.25) is 0 Å². The molecule has 0 aliphatic carbocycles. The summed E-state index contributed by atoms with van der Waals surface area (Å²) in [5.74, 6) is 0. The summed E-state index contributed by atoms with van der Waals surface area (Å²) in [5.41, 5.74) is 7.62. The zero-order chi connectivity index (χ0) is 30.9. The van der Waals surface area contributed by atoms with Crippen molar-refractivity contribution in [1.29, 1.82) is 0 Å². The van der Waals surface area contributed by atoms with Gasteiger partial charge in [0.05, 0.1) is 0 Å². The Morgan fingerprint density at radius 1 is 0.383 bits per heavy atom. The van der Waals surface area contributed by atoms with E-state index in [2.05, 4.69) is 163 Å². The first kappa shape index (κ1) is 26.3. The number of para-hydroxylation sites is 3. The second-order valence-electron chi connectivity index (χ2n) is 12.1. The molecular weight excluding hydrogens is 591 g/mol. The highest BCUT2D eigenvalue weighted by Crippen LogP contribution is 2.44. The highest BCUT2D eigenvalue weighted by Gasteiger charge is 2.17. The topological polar surface area (TPSA) is 16.4 Å². The number of nitrogens with zero attached hydrogens (tertiary/aromatic N) is 1. The number of benzene rings is 8. The lowest BCUT2D eigenvalue weighted by molar-refractivity contribution is 0.669. The summed E-state index contributed by atoms with van der Waals surface area (Å²) in [6.07, 6.45) is 0. The number of fused-ring (bicyclic) bond motifs is 9. The Balaban J connectivity index is 1.22. The summed E-state index contributed by atoms with van der Waals surface area (Å²) in [7, 11) is 0. The van der Waals surface area contributed by atoms with Crippen LogP contribution in [0.3, 0.4) is 0 Å². The van der Waals surface area contributed by atoms with E-state index in [4.69, 9.17) is 4.42 Å². The Morgan fingerprint density at radius 2 is 1.02 bits per heavy atom. The van der Waals surface area contributed by atoms with Crippen molar-refractivity contribution in [2.24, 2.45) is 0 Å². The molecule has 0 atom stereocenters. The summed E-state index contributed by atoms with van der Waals surface area (Å²) in [4.78, 5) is 2.31. The van der Waals surface area contributed by atoms with Crippen molar-refractivity contribution in [1.82, 2.24) is 0 Å². The molecule has 0 aliphatic rings. The maximum atomic E-state index is 6.35. The number of anilines is 3. The van der Waals surface area contributed by atoms with Crippen LogP contribution in [-0.2, 0) is 0 Å². The molecule has 2 heterocycles. The third-order valence-corrected chi connectivity index (χ3v) is 10.5. The average molecular weight is 618 g/mol. The Bertz CT molecular complexity index is 2740. The van der Waals surface area contributed by atoms with Gasteiger partial charge in [0.1, 0.15) is 11.2 Å². The molecule has 0 saturated carbocycles. The first-order valence-corrected chi connectivity index (χ1v) is 16.7. The van der Waals surface area contributed by atoms with Gasteiger partial charge in [-0.3, -0.25) is 0 Å². The molecule has 220 valence electrons. The van der Waals surface area contributed by atoms with E-state index in [1.165, 1.54) is 52.8 Å². The van der Waals surface area contributed by atoms with Crippen LogP contribution in [-0.4, -0.2) is 0 Å². The van der Waals surface area contributed by atoms with E-state index in [-0.39, 0.29) is 0 Å². The molecule has 10 rings (SSSR count). The molecular formula is C44H27NOS. The highest BCUT2D eigenvalue weighted by atomic mass is 32.1. The minimum absolute atomic E-state index is 0.920. The Hall–Kier alpha value is -5.90. The maximum absolute atomic E-state index is 6.35. The van der Waals surface area contributed by atoms with E-state index < -0.39 is 0 Å². The van der Waals surface area contributed by atoms with Gasteiger partial charge < -0.3 is 9.32 Å². The molecule has 0 spiro atoms. The van der Waals surface area contributed by atoms with Crippen molar-refractivity contribution >= 4 is 92.1 Å². The van der Waals surface area contributed by atoms with Gasteiger partial charge in [-0.05, 0) is 112 Å². The first-order valence-electron chi connectivity index (χ1n) is 15.9. The SMILES string of the molecule is c1ccc(N(c2ccccc2)c2ccc(-c3cc4cc5oc6ccccc6c5cc4c4cc5sc6ccccc6c5cc34)cc2)cc1. The number of hydrogen-bond acceptors (Lipinski definition) is 3. The van der Waals surface area contributed by atoms with E-state index >= 15 is 0 Å². The van der Waals surface area contributed by atoms with E-state index in [1.807, 2.05) is 17.4 Å². The number of furan rings is 1. The lowest BCUT2D eigenvalue weighted by atomic mass is 9.91. The standard InChI is InChI=1S/C44H27NOS/c1-3-11-30(12-4-1)45(31-13-5-2-6-14-31)32-21-19-28(20-22-32)35-23-29-24-42-39(33-15-7-9-17-41(33)46-42)25-36(29)38-27-44-40(26-37(35)38)34-16-8-10-18-43(34)47-44/h1-27H. The third-order valence-electron chi connectivity index (χ3n) is 9.41. The molecule has 0 saturated heterocycles. The Kier molecular flexibility index (Phi) is 5.78. The van der Waals surface area contributed by atoms with Crippen LogP contribution in [0.25, 0.3) is 74.8 Å². The largest absolute Gasteiger partial charge is 0.456 e. The third kappa shape index (κ3) is 4.17. The smallest absolute Gasteiger partial charge is 0.136 e. The molecule has 2 aromatic heterocycles. The number of thiophene rings is 1. The van der Waals surface area contributed by atoms with Gasteiger partial charge in [-0.2, -0.15) is 0 Å². The van der Waals surface area contributed by atoms with Crippen molar-refractivity contribution in [2.45, 2.75) is 0 Å². The molecule has 3 heteroatoms. The van der Waals surface area contributed by atoms with Crippen LogP contribution in [0.15, 0.2) is 168 Å². The van der Waals surface area contributed by atoms with E-state index in [9.17, 15) is 0 Å². The molecule has 10 aromatic rings. The molecule has 0 unspecified atom stereocenters. The summed E-state index contributed by atoms with van der Waals surface area (Å²) in [6, 6.07) is 59.0. The van der Waals surface area contributed by atoms with Crippen molar-refractivity contribution in [3.8, 4) is 11.1 Å². The monoisotopic (exact) mass is 617 g/mol. The zero-order valence-electron chi connectivity index (χ0n) is 25.4. The van der Waals surface area contributed by atoms with Gasteiger partial charge in [0.25, 0.3) is 0 Å². The van der Waals surface area contributed by atoms with Crippen molar-refractivity contribution in [2.75, 3.05) is 4.90 Å². The van der Waals surface area contributed by atoms with Crippen LogP contribution >= 0.6 is 11.3 Å². The molecule has 2 nitrogen and oxygen atoms in total. The summed E-state index contributed by atoms with van der Waals surface area (Å²) in [5, 5.41) is 9.89. The molecule has 8 aromatic carbocycles. The van der Waals surface area contributed by atoms with Crippen LogP contribution in [0.1, 0.15) is 0 Å². The minimum Gasteiger partial charge on any atom is -0.456 e. The van der Waals surface area contributed by atoms with Crippen LogP contribution in [0.5, 0.6) is 0 Å². The van der Waals surface area contributed by atoms with Crippen molar-refractivity contribution in [3.63, 3.8) is 0 Å². The molecule has 0 amide bonds. The number of hydrogen-bond donors (Lipinski definition) is 0. The Morgan fingerprint density at radius 3 is 1.79 bits per heavy atom. The normalized spacial score (nSPS) is 11.8.